The first-order chi connectivity index (χ1) is 10.3. The number of hydrogen-bond donors (Lipinski definition) is 2. The normalized spacial score (nSPS) is 10.3. The van der Waals surface area contributed by atoms with E-state index in [0.29, 0.717) is 28.2 Å². The second-order valence-electron chi connectivity index (χ2n) is 4.07. The molecule has 0 spiro atoms. The molecule has 112 valence electrons. The van der Waals surface area contributed by atoms with E-state index < -0.39 is 0 Å². The number of rotatable bonds is 4. The third-order valence-corrected chi connectivity index (χ3v) is 3.03. The number of aromatic amines is 1. The van der Waals surface area contributed by atoms with E-state index in [0.717, 1.165) is 12.8 Å². The lowest BCUT2D eigenvalue weighted by Gasteiger charge is -2.04. The van der Waals surface area contributed by atoms with Crippen LogP contribution in [0.25, 0.3) is 10.9 Å². The number of aromatic nitrogens is 2. The van der Waals surface area contributed by atoms with E-state index in [-0.39, 0.29) is 12.4 Å². The van der Waals surface area contributed by atoms with Gasteiger partial charge < -0.3 is 19.4 Å². The van der Waals surface area contributed by atoms with Crippen LogP contribution >= 0.6 is 11.6 Å². The number of H-pyrrole nitrogens is 1. The zero-order chi connectivity index (χ0) is 15.2. The molecule has 0 aliphatic rings. The van der Waals surface area contributed by atoms with Crippen LogP contribution in [-0.2, 0) is 12.5 Å². The summed E-state index contributed by atoms with van der Waals surface area (Å²) < 4.78 is 24.0. The maximum atomic E-state index is 13.9. The fourth-order valence-corrected chi connectivity index (χ4v) is 1.99. The molecule has 0 bridgehead atoms. The zero-order valence-electron chi connectivity index (χ0n) is 11.3. The lowest BCUT2D eigenvalue weighted by molar-refractivity contribution is 0.288. The number of hydrogen-bond acceptors (Lipinski definition) is 4. The monoisotopic (exact) mass is 312 g/mol. The fourth-order valence-electron chi connectivity index (χ4n) is 1.85. The van der Waals surface area contributed by atoms with Crippen molar-refractivity contribution in [1.29, 1.82) is 0 Å². The summed E-state index contributed by atoms with van der Waals surface area (Å²) >= 11 is 5.72. The molecule has 0 aliphatic heterocycles. The number of aliphatic hydroxyl groups is 1. The largest absolute Gasteiger partial charge is 0.487 e. The van der Waals surface area contributed by atoms with Gasteiger partial charge in [-0.2, -0.15) is 0 Å². The standard InChI is InChI=1S/C13H10ClFN2O2.CH4O/c14-6-9-3-11-12(15)4-10(5-13(11)16-9)18-7-8-1-2-19-17-8;1-2/h1-5,16H,6-7H2;2H,1H3. The Hall–Kier alpha value is -2.05. The summed E-state index contributed by atoms with van der Waals surface area (Å²) in [4.78, 5) is 3.03. The van der Waals surface area contributed by atoms with Crippen LogP contribution in [0.5, 0.6) is 5.75 Å². The van der Waals surface area contributed by atoms with E-state index in [2.05, 4.69) is 14.7 Å². The maximum absolute atomic E-state index is 13.9. The molecule has 3 aromatic rings. The Morgan fingerprint density at radius 3 is 2.86 bits per heavy atom. The van der Waals surface area contributed by atoms with Crippen molar-refractivity contribution < 1.29 is 18.8 Å². The lowest BCUT2D eigenvalue weighted by Crippen LogP contribution is -1.96. The molecule has 2 N–H and O–H groups in total. The summed E-state index contributed by atoms with van der Waals surface area (Å²) in [5, 5.41) is 11.2. The molecule has 2 heterocycles. The highest BCUT2D eigenvalue weighted by atomic mass is 35.5. The highest BCUT2D eigenvalue weighted by Crippen LogP contribution is 2.26. The molecule has 0 fully saturated rings. The Balaban J connectivity index is 0.000000774. The second-order valence-corrected chi connectivity index (χ2v) is 4.34. The molecule has 0 amide bonds. The average molecular weight is 313 g/mol. The van der Waals surface area contributed by atoms with Crippen molar-refractivity contribution in [1.82, 2.24) is 10.1 Å². The summed E-state index contributed by atoms with van der Waals surface area (Å²) in [7, 11) is 1.00. The fraction of sp³-hybridized carbons (Fsp3) is 0.214. The van der Waals surface area contributed by atoms with Gasteiger partial charge in [-0.25, -0.2) is 4.39 Å². The van der Waals surface area contributed by atoms with Gasteiger partial charge in [0.15, 0.2) is 0 Å². The Kier molecular flexibility index (Phi) is 5.19. The molecular weight excluding hydrogens is 299 g/mol. The smallest absolute Gasteiger partial charge is 0.136 e. The average Bonchev–Trinajstić information content (AvgIpc) is 3.16. The maximum Gasteiger partial charge on any atom is 0.136 e. The molecular formula is C14H14ClFN2O3. The predicted molar refractivity (Wildman–Crippen MR) is 76.8 cm³/mol. The molecule has 0 saturated heterocycles. The molecule has 0 saturated carbocycles. The summed E-state index contributed by atoms with van der Waals surface area (Å²) in [5.74, 6) is 0.389. The molecule has 3 rings (SSSR count). The van der Waals surface area contributed by atoms with Gasteiger partial charge in [0, 0.05) is 36.4 Å². The van der Waals surface area contributed by atoms with Crippen molar-refractivity contribution in [2.75, 3.05) is 7.11 Å². The van der Waals surface area contributed by atoms with Gasteiger partial charge in [-0.15, -0.1) is 11.6 Å². The number of aliphatic hydroxyl groups excluding tert-OH is 1. The van der Waals surface area contributed by atoms with Gasteiger partial charge in [0.25, 0.3) is 0 Å². The number of nitrogens with one attached hydrogen (secondary N) is 1. The number of fused-ring (bicyclic) bond motifs is 1. The van der Waals surface area contributed by atoms with Crippen LogP contribution in [0.3, 0.4) is 0 Å². The summed E-state index contributed by atoms with van der Waals surface area (Å²) in [6.07, 6.45) is 1.46. The van der Waals surface area contributed by atoms with E-state index in [1.165, 1.54) is 12.3 Å². The van der Waals surface area contributed by atoms with E-state index in [4.69, 9.17) is 21.4 Å². The van der Waals surface area contributed by atoms with Gasteiger partial charge in [0.05, 0.1) is 11.4 Å². The highest BCUT2D eigenvalue weighted by Gasteiger charge is 2.09. The topological polar surface area (TPSA) is 71.3 Å². The number of nitrogens with zero attached hydrogens (tertiary/aromatic N) is 1. The number of halogens is 2. The van der Waals surface area contributed by atoms with Gasteiger partial charge in [0.1, 0.15) is 30.1 Å². The lowest BCUT2D eigenvalue weighted by atomic mass is 10.2. The van der Waals surface area contributed by atoms with E-state index in [1.54, 1.807) is 18.2 Å². The zero-order valence-corrected chi connectivity index (χ0v) is 12.0. The van der Waals surface area contributed by atoms with E-state index in [1.807, 2.05) is 0 Å². The first kappa shape index (κ1) is 15.3. The highest BCUT2D eigenvalue weighted by molar-refractivity contribution is 6.17. The second kappa shape index (κ2) is 7.10. The van der Waals surface area contributed by atoms with Crippen LogP contribution in [0.1, 0.15) is 11.4 Å². The Bertz CT molecular complexity index is 698. The molecule has 0 unspecified atom stereocenters. The number of alkyl halides is 1. The van der Waals surface area contributed by atoms with Crippen LogP contribution in [-0.4, -0.2) is 22.4 Å². The minimum absolute atomic E-state index is 0.227. The van der Waals surface area contributed by atoms with Crippen molar-refractivity contribution >= 4 is 22.5 Å². The third-order valence-electron chi connectivity index (χ3n) is 2.74. The van der Waals surface area contributed by atoms with Crippen molar-refractivity contribution in [3.05, 3.63) is 47.7 Å². The molecule has 0 atom stereocenters. The molecule has 0 radical (unpaired) electrons. The van der Waals surface area contributed by atoms with Crippen LogP contribution in [0.2, 0.25) is 0 Å². The van der Waals surface area contributed by atoms with Crippen molar-refractivity contribution in [2.45, 2.75) is 12.5 Å². The quantitative estimate of drug-likeness (QED) is 0.726. The molecule has 0 aliphatic carbocycles. The molecule has 7 heteroatoms. The predicted octanol–water partition coefficient (Wildman–Crippen LogP) is 3.22. The number of benzene rings is 1. The van der Waals surface area contributed by atoms with Crippen LogP contribution < -0.4 is 4.74 Å². The van der Waals surface area contributed by atoms with Crippen LogP contribution in [0.15, 0.2) is 35.1 Å². The minimum Gasteiger partial charge on any atom is -0.487 e. The first-order valence-electron chi connectivity index (χ1n) is 6.10. The van der Waals surface area contributed by atoms with Gasteiger partial charge in [-0.1, -0.05) is 5.16 Å². The number of ether oxygens (including phenoxy) is 1. The molecule has 1 aromatic carbocycles. The molecule has 2 aromatic heterocycles. The van der Waals surface area contributed by atoms with Crippen molar-refractivity contribution in [3.63, 3.8) is 0 Å². The van der Waals surface area contributed by atoms with Gasteiger partial charge in [-0.05, 0) is 6.07 Å². The summed E-state index contributed by atoms with van der Waals surface area (Å²) in [6.45, 7) is 0.227. The van der Waals surface area contributed by atoms with Crippen LogP contribution in [0, 0.1) is 5.82 Å². The third kappa shape index (κ3) is 3.53. The first-order valence-corrected chi connectivity index (χ1v) is 6.63. The molecule has 21 heavy (non-hydrogen) atoms. The van der Waals surface area contributed by atoms with Crippen molar-refractivity contribution in [3.8, 4) is 5.75 Å². The van der Waals surface area contributed by atoms with Crippen molar-refractivity contribution in [2.24, 2.45) is 0 Å². The summed E-state index contributed by atoms with van der Waals surface area (Å²) in [6, 6.07) is 6.46. The SMILES string of the molecule is CO.Fc1cc(OCc2ccon2)cc2[nH]c(CCl)cc12. The minimum atomic E-state index is -0.347. The van der Waals surface area contributed by atoms with E-state index in [9.17, 15) is 4.39 Å². The Morgan fingerprint density at radius 2 is 2.19 bits per heavy atom. The van der Waals surface area contributed by atoms with Gasteiger partial charge in [0.2, 0.25) is 0 Å². The van der Waals surface area contributed by atoms with Crippen LogP contribution in [0.4, 0.5) is 4.39 Å². The van der Waals surface area contributed by atoms with Gasteiger partial charge in [-0.3, -0.25) is 0 Å². The molecule has 5 nitrogen and oxygen atoms in total. The Morgan fingerprint density at radius 1 is 1.38 bits per heavy atom. The van der Waals surface area contributed by atoms with Gasteiger partial charge >= 0.3 is 0 Å². The van der Waals surface area contributed by atoms with E-state index >= 15 is 0 Å². The summed E-state index contributed by atoms with van der Waals surface area (Å²) in [5.41, 5.74) is 2.07. The Labute approximate surface area is 125 Å².